The Morgan fingerprint density at radius 1 is 1.69 bits per heavy atom. The van der Waals surface area contributed by atoms with Crippen molar-refractivity contribution in [3.05, 3.63) is 9.47 Å². The van der Waals surface area contributed by atoms with Gasteiger partial charge in [-0.2, -0.15) is 0 Å². The highest BCUT2D eigenvalue weighted by Crippen LogP contribution is 2.26. The number of nitrogens with zero attached hydrogens (tertiary/aromatic N) is 1. The predicted molar refractivity (Wildman–Crippen MR) is 69.0 cm³/mol. The zero-order valence-corrected chi connectivity index (χ0v) is 12.1. The molecule has 1 saturated heterocycles. The van der Waals surface area contributed by atoms with Gasteiger partial charge in [0.25, 0.3) is 0 Å². The monoisotopic (exact) mass is 352 g/mol. The summed E-state index contributed by atoms with van der Waals surface area (Å²) in [5.74, 6) is -0.304. The number of rotatable bonds is 4. The molecule has 0 aromatic rings. The van der Waals surface area contributed by atoms with Gasteiger partial charge in [-0.3, -0.25) is 9.59 Å². The van der Waals surface area contributed by atoms with Crippen LogP contribution in [-0.2, 0) is 9.59 Å². The molecule has 0 saturated carbocycles. The number of nitrogens with two attached hydrogens (primary N) is 1. The van der Waals surface area contributed by atoms with Gasteiger partial charge in [-0.15, -0.1) is 0 Å². The fourth-order valence-corrected chi connectivity index (χ4v) is 2.67. The number of hydrogen-bond acceptors (Lipinski definition) is 2. The molecule has 0 radical (unpaired) electrons. The van der Waals surface area contributed by atoms with E-state index in [2.05, 4.69) is 31.9 Å². The second-order valence-electron chi connectivity index (χ2n) is 3.79. The molecule has 0 aliphatic carbocycles. The molecule has 2 atom stereocenters. The van der Waals surface area contributed by atoms with Crippen molar-refractivity contribution < 1.29 is 9.59 Å². The molecule has 1 unspecified atom stereocenters. The van der Waals surface area contributed by atoms with Gasteiger partial charge in [-0.25, -0.2) is 0 Å². The van der Waals surface area contributed by atoms with E-state index in [-0.39, 0.29) is 11.8 Å². The zero-order chi connectivity index (χ0) is 12.3. The van der Waals surface area contributed by atoms with Crippen LogP contribution in [0.15, 0.2) is 9.47 Å². The highest BCUT2D eigenvalue weighted by atomic mass is 79.9. The SMILES string of the molecule is CC[C@@H](C(N)=O)N1CC(C=C(Br)Br)CC1=O. The van der Waals surface area contributed by atoms with Gasteiger partial charge in [0.2, 0.25) is 11.8 Å². The normalized spacial score (nSPS) is 22.1. The number of primary amides is 1. The second kappa shape index (κ2) is 5.82. The van der Waals surface area contributed by atoms with Crippen molar-refractivity contribution >= 4 is 43.7 Å². The molecule has 1 aliphatic heterocycles. The van der Waals surface area contributed by atoms with Crippen LogP contribution < -0.4 is 5.73 Å². The average molecular weight is 354 g/mol. The lowest BCUT2D eigenvalue weighted by atomic mass is 10.1. The van der Waals surface area contributed by atoms with E-state index in [1.54, 1.807) is 4.90 Å². The standard InChI is InChI=1S/C10H14Br2N2O2/c1-2-7(10(13)16)14-5-6(3-8(11)12)4-9(14)15/h3,6-7H,2,4-5H2,1H3,(H2,13,16)/t6?,7-/m0/s1. The molecule has 16 heavy (non-hydrogen) atoms. The second-order valence-corrected chi connectivity index (χ2v) is 6.57. The highest BCUT2D eigenvalue weighted by Gasteiger charge is 2.34. The predicted octanol–water partition coefficient (Wildman–Crippen LogP) is 1.73. The number of amides is 2. The number of hydrogen-bond donors (Lipinski definition) is 1. The average Bonchev–Trinajstić information content (AvgIpc) is 2.46. The highest BCUT2D eigenvalue weighted by molar-refractivity contribution is 9.28. The molecule has 0 spiro atoms. The fraction of sp³-hybridized carbons (Fsp3) is 0.600. The Kier molecular flexibility index (Phi) is 4.98. The third-order valence-corrected chi connectivity index (χ3v) is 3.17. The molecular weight excluding hydrogens is 340 g/mol. The molecule has 4 nitrogen and oxygen atoms in total. The molecular formula is C10H14Br2N2O2. The van der Waals surface area contributed by atoms with Crippen LogP contribution in [0.3, 0.4) is 0 Å². The number of halogens is 2. The zero-order valence-electron chi connectivity index (χ0n) is 8.95. The molecule has 1 heterocycles. The van der Waals surface area contributed by atoms with Crippen molar-refractivity contribution in [3.63, 3.8) is 0 Å². The van der Waals surface area contributed by atoms with Gasteiger partial charge in [0.15, 0.2) is 0 Å². The van der Waals surface area contributed by atoms with Crippen LogP contribution in [0.2, 0.25) is 0 Å². The van der Waals surface area contributed by atoms with Crippen LogP contribution in [-0.4, -0.2) is 29.3 Å². The Hall–Kier alpha value is -0.360. The molecule has 2 N–H and O–H groups in total. The summed E-state index contributed by atoms with van der Waals surface area (Å²) >= 11 is 6.53. The summed E-state index contributed by atoms with van der Waals surface area (Å²) in [5.41, 5.74) is 5.27. The molecule has 0 aromatic heterocycles. The Bertz CT molecular complexity index is 327. The van der Waals surface area contributed by atoms with Gasteiger partial charge in [0.1, 0.15) is 6.04 Å². The third kappa shape index (κ3) is 3.31. The minimum absolute atomic E-state index is 0.00634. The summed E-state index contributed by atoms with van der Waals surface area (Å²) in [7, 11) is 0. The Morgan fingerprint density at radius 2 is 2.31 bits per heavy atom. The van der Waals surface area contributed by atoms with E-state index in [4.69, 9.17) is 5.73 Å². The minimum atomic E-state index is -0.472. The third-order valence-electron chi connectivity index (χ3n) is 2.64. The molecule has 6 heteroatoms. The summed E-state index contributed by atoms with van der Waals surface area (Å²) in [6.45, 7) is 2.41. The van der Waals surface area contributed by atoms with Gasteiger partial charge >= 0.3 is 0 Å². The molecule has 0 aromatic carbocycles. The van der Waals surface area contributed by atoms with Crippen LogP contribution in [0.25, 0.3) is 0 Å². The van der Waals surface area contributed by atoms with E-state index in [1.165, 1.54) is 0 Å². The first-order valence-corrected chi connectivity index (χ1v) is 6.66. The maximum atomic E-state index is 11.7. The van der Waals surface area contributed by atoms with E-state index in [0.717, 1.165) is 3.39 Å². The smallest absolute Gasteiger partial charge is 0.240 e. The molecule has 2 amide bonds. The largest absolute Gasteiger partial charge is 0.368 e. The lowest BCUT2D eigenvalue weighted by Gasteiger charge is -2.24. The summed E-state index contributed by atoms with van der Waals surface area (Å²) in [5, 5.41) is 0. The van der Waals surface area contributed by atoms with Crippen molar-refractivity contribution in [2.24, 2.45) is 11.7 Å². The topological polar surface area (TPSA) is 63.4 Å². The number of carbonyl (C=O) groups is 2. The van der Waals surface area contributed by atoms with Crippen LogP contribution >= 0.6 is 31.9 Å². The Labute approximate surface area is 111 Å². The Balaban J connectivity index is 2.74. The van der Waals surface area contributed by atoms with Crippen LogP contribution in [0, 0.1) is 5.92 Å². The maximum absolute atomic E-state index is 11.7. The van der Waals surface area contributed by atoms with Crippen molar-refractivity contribution in [3.8, 4) is 0 Å². The number of likely N-dealkylation sites (tertiary alicyclic amines) is 1. The Morgan fingerprint density at radius 3 is 2.75 bits per heavy atom. The lowest BCUT2D eigenvalue weighted by Crippen LogP contribution is -2.45. The molecule has 1 aliphatic rings. The van der Waals surface area contributed by atoms with Crippen LogP contribution in [0.5, 0.6) is 0 Å². The van der Waals surface area contributed by atoms with E-state index < -0.39 is 11.9 Å². The maximum Gasteiger partial charge on any atom is 0.240 e. The molecule has 1 rings (SSSR count). The van der Waals surface area contributed by atoms with Crippen molar-refractivity contribution in [2.45, 2.75) is 25.8 Å². The molecule has 90 valence electrons. The van der Waals surface area contributed by atoms with Crippen LogP contribution in [0.4, 0.5) is 0 Å². The van der Waals surface area contributed by atoms with E-state index >= 15 is 0 Å². The van der Waals surface area contributed by atoms with Crippen molar-refractivity contribution in [1.29, 1.82) is 0 Å². The summed E-state index contributed by atoms with van der Waals surface area (Å²) < 4.78 is 0.826. The fourth-order valence-electron chi connectivity index (χ4n) is 1.93. The molecule has 1 fully saturated rings. The summed E-state index contributed by atoms with van der Waals surface area (Å²) in [6.07, 6.45) is 2.92. The van der Waals surface area contributed by atoms with Gasteiger partial charge < -0.3 is 10.6 Å². The summed E-state index contributed by atoms with van der Waals surface area (Å²) in [4.78, 5) is 24.5. The molecule has 0 bridgehead atoms. The quantitative estimate of drug-likeness (QED) is 0.836. The van der Waals surface area contributed by atoms with Gasteiger partial charge in [-0.05, 0) is 38.3 Å². The van der Waals surface area contributed by atoms with Gasteiger partial charge in [0, 0.05) is 18.9 Å². The minimum Gasteiger partial charge on any atom is -0.368 e. The first-order valence-electron chi connectivity index (χ1n) is 5.07. The first kappa shape index (κ1) is 13.7. The van der Waals surface area contributed by atoms with E-state index in [0.29, 0.717) is 19.4 Å². The van der Waals surface area contributed by atoms with E-state index in [9.17, 15) is 9.59 Å². The van der Waals surface area contributed by atoms with Crippen LogP contribution in [0.1, 0.15) is 19.8 Å². The van der Waals surface area contributed by atoms with Gasteiger partial charge in [-0.1, -0.05) is 13.0 Å². The van der Waals surface area contributed by atoms with Crippen molar-refractivity contribution in [2.75, 3.05) is 6.54 Å². The van der Waals surface area contributed by atoms with Gasteiger partial charge in [0.05, 0.1) is 3.39 Å². The summed E-state index contributed by atoms with van der Waals surface area (Å²) in [6, 6.07) is -0.472. The number of carbonyl (C=O) groups excluding carboxylic acids is 2. The lowest BCUT2D eigenvalue weighted by molar-refractivity contribution is -0.136. The van der Waals surface area contributed by atoms with Crippen molar-refractivity contribution in [1.82, 2.24) is 4.90 Å². The van der Waals surface area contributed by atoms with E-state index in [1.807, 2.05) is 13.0 Å². The first-order chi connectivity index (χ1) is 7.45.